The predicted octanol–water partition coefficient (Wildman–Crippen LogP) is 10.3. The molecule has 0 unspecified atom stereocenters. The Morgan fingerprint density at radius 3 is 1.37 bits per heavy atom. The van der Waals surface area contributed by atoms with Crippen molar-refractivity contribution in [3.63, 3.8) is 0 Å². The van der Waals surface area contributed by atoms with Crippen molar-refractivity contribution in [1.82, 2.24) is 18.6 Å². The van der Waals surface area contributed by atoms with E-state index >= 15 is 0 Å². The van der Waals surface area contributed by atoms with E-state index in [4.69, 9.17) is 37.9 Å². The molecular weight excluding hydrogens is 1050 g/mol. The summed E-state index contributed by atoms with van der Waals surface area (Å²) in [6, 6.07) is 26.4. The lowest BCUT2D eigenvalue weighted by molar-refractivity contribution is 0.340. The Labute approximate surface area is 405 Å². The van der Waals surface area contributed by atoms with E-state index in [2.05, 4.69) is 95.7 Å². The van der Waals surface area contributed by atoms with Crippen LogP contribution in [-0.2, 0) is 39.3 Å². The molecule has 2 saturated heterocycles. The Hall–Kier alpha value is -3.10. The number of ether oxygens (including phenoxy) is 1. The highest BCUT2D eigenvalue weighted by molar-refractivity contribution is 9.10. The minimum atomic E-state index is -3.63. The summed E-state index contributed by atoms with van der Waals surface area (Å²) in [6.45, 7) is 8.74. The van der Waals surface area contributed by atoms with E-state index < -0.39 is 20.0 Å². The third kappa shape index (κ3) is 12.0. The molecule has 0 spiro atoms. The minimum Gasteiger partial charge on any atom is -0.494 e. The van der Waals surface area contributed by atoms with Crippen molar-refractivity contribution < 1.29 is 21.6 Å². The second kappa shape index (κ2) is 21.5. The second-order valence-corrected chi connectivity index (χ2v) is 22.9. The Kier molecular flexibility index (Phi) is 16.3. The molecule has 0 saturated carbocycles. The second-order valence-electron chi connectivity index (χ2n) is 14.8. The van der Waals surface area contributed by atoms with Crippen LogP contribution in [0.1, 0.15) is 41.9 Å². The van der Waals surface area contributed by atoms with Crippen molar-refractivity contribution in [2.45, 2.75) is 42.9 Å². The number of hydrogen-bond donors (Lipinski definition) is 0. The molecule has 2 aliphatic rings. The monoisotopic (exact) mass is 1090 g/mol. The van der Waals surface area contributed by atoms with Crippen molar-refractivity contribution in [3.8, 4) is 5.75 Å². The van der Waals surface area contributed by atoms with E-state index in [1.807, 2.05) is 19.1 Å². The summed E-state index contributed by atoms with van der Waals surface area (Å²) < 4.78 is 62.0. The van der Waals surface area contributed by atoms with Gasteiger partial charge < -0.3 is 14.5 Å². The summed E-state index contributed by atoms with van der Waals surface area (Å²) >= 11 is 22.2. The molecule has 0 amide bonds. The van der Waals surface area contributed by atoms with Crippen LogP contribution in [0.2, 0.25) is 10.0 Å². The Morgan fingerprint density at radius 1 is 0.587 bits per heavy atom. The van der Waals surface area contributed by atoms with Crippen LogP contribution < -0.4 is 14.5 Å². The van der Waals surface area contributed by atoms with Crippen molar-refractivity contribution in [1.29, 1.82) is 0 Å². The maximum absolute atomic E-state index is 13.0. The van der Waals surface area contributed by atoms with Crippen LogP contribution in [0.25, 0.3) is 0 Å². The van der Waals surface area contributed by atoms with Gasteiger partial charge in [-0.1, -0.05) is 98.4 Å². The molecule has 0 aliphatic carbocycles. The van der Waals surface area contributed by atoms with Crippen LogP contribution in [0.5, 0.6) is 5.75 Å². The van der Waals surface area contributed by atoms with E-state index in [9.17, 15) is 16.8 Å². The first-order chi connectivity index (χ1) is 30.2. The molecule has 0 atom stereocenters. The van der Waals surface area contributed by atoms with Gasteiger partial charge in [0.15, 0.2) is 10.3 Å². The number of aromatic nitrogens is 2. The summed E-state index contributed by atoms with van der Waals surface area (Å²) in [5.74, 6) is 0.868. The lowest BCUT2D eigenvalue weighted by Crippen LogP contribution is -2.48. The summed E-state index contributed by atoms with van der Waals surface area (Å²) in [5, 5.41) is 6.47. The van der Waals surface area contributed by atoms with Gasteiger partial charge in [0.25, 0.3) is 0 Å². The van der Waals surface area contributed by atoms with Gasteiger partial charge in [-0.15, -0.1) is 22.7 Å². The number of aryl methyl sites for hydroxylation is 1. The van der Waals surface area contributed by atoms with Gasteiger partial charge in [-0.25, -0.2) is 26.8 Å². The zero-order valence-electron chi connectivity index (χ0n) is 34.6. The number of sulfonamides is 2. The van der Waals surface area contributed by atoms with Crippen molar-refractivity contribution in [2.75, 3.05) is 68.8 Å². The molecule has 63 heavy (non-hydrogen) atoms. The lowest BCUT2D eigenvalue weighted by Gasteiger charge is -2.34. The third-order valence-corrected chi connectivity index (χ3v) is 18.2. The van der Waals surface area contributed by atoms with Gasteiger partial charge in [-0.2, -0.15) is 8.61 Å². The molecule has 4 aromatic carbocycles. The summed E-state index contributed by atoms with van der Waals surface area (Å²) in [7, 11) is -7.25. The van der Waals surface area contributed by atoms with Crippen LogP contribution >= 0.6 is 77.7 Å². The lowest BCUT2D eigenvalue weighted by atomic mass is 10.1. The van der Waals surface area contributed by atoms with Crippen LogP contribution in [0.4, 0.5) is 10.3 Å². The minimum absolute atomic E-state index is 0.141. The van der Waals surface area contributed by atoms with Crippen molar-refractivity contribution >= 4 is 108 Å². The number of piperazine rings is 2. The molecule has 0 radical (unpaired) electrons. The standard InChI is InChI=1S/C22H23BrClN3O3S2.C22H23BrClN3O2S2/c1-2-30-19-6-3-16(4-7-19)13-18-15-31-22(25-18)26-9-11-27(12-10-26)32(28,29)21-8-5-17(23)14-20(21)24;1-2-16-3-5-17(6-4-16)13-19-15-30-22(25-19)26-9-11-27(12-10-26)31(28,29)21-8-7-18(23)14-20(21)24/h3-8,14-15H,2,9-13H2,1H3;3-8,14-15H,2,9-13H2,1H3. The number of benzene rings is 4. The van der Waals surface area contributed by atoms with Crippen LogP contribution in [0.3, 0.4) is 0 Å². The molecule has 19 heteroatoms. The van der Waals surface area contributed by atoms with E-state index in [-0.39, 0.29) is 19.8 Å². The average Bonchev–Trinajstić information content (AvgIpc) is 3.95. The number of nitrogens with zero attached hydrogens (tertiary/aromatic N) is 6. The average molecular weight is 1100 g/mol. The van der Waals surface area contributed by atoms with Gasteiger partial charge in [0.1, 0.15) is 15.5 Å². The molecule has 0 bridgehead atoms. The SMILES string of the molecule is CCOc1ccc(Cc2csc(N3CCN(S(=O)(=O)c4ccc(Br)cc4Cl)CC3)n2)cc1.CCc1ccc(Cc2csc(N3CCN(S(=O)(=O)c4ccc(Br)cc4Cl)CC3)n2)cc1. The Balaban J connectivity index is 0.000000189. The molecule has 2 aliphatic heterocycles. The van der Waals surface area contributed by atoms with Gasteiger partial charge in [0, 0.05) is 84.9 Å². The normalized spacial score (nSPS) is 15.3. The van der Waals surface area contributed by atoms with Gasteiger partial charge in [-0.3, -0.25) is 0 Å². The number of thiazole rings is 2. The van der Waals surface area contributed by atoms with Gasteiger partial charge in [0.05, 0.1) is 28.0 Å². The molecule has 2 aromatic heterocycles. The number of anilines is 2. The van der Waals surface area contributed by atoms with E-state index in [0.29, 0.717) is 59.0 Å². The molecule has 11 nitrogen and oxygen atoms in total. The quantitative estimate of drug-likeness (QED) is 0.111. The maximum atomic E-state index is 13.0. The fourth-order valence-electron chi connectivity index (χ4n) is 7.11. The highest BCUT2D eigenvalue weighted by Gasteiger charge is 2.32. The Morgan fingerprint density at radius 2 is 0.984 bits per heavy atom. The van der Waals surface area contributed by atoms with Crippen molar-refractivity contribution in [3.05, 3.63) is 143 Å². The fraction of sp³-hybridized carbons (Fsp3) is 0.318. The molecule has 0 N–H and O–H groups in total. The largest absolute Gasteiger partial charge is 0.494 e. The van der Waals surface area contributed by atoms with E-state index in [1.54, 1.807) is 59.1 Å². The first-order valence-corrected chi connectivity index (χ1v) is 27.3. The predicted molar refractivity (Wildman–Crippen MR) is 264 cm³/mol. The van der Waals surface area contributed by atoms with Gasteiger partial charge in [0.2, 0.25) is 20.0 Å². The first kappa shape index (κ1) is 47.9. The molecule has 2 fully saturated rings. The van der Waals surface area contributed by atoms with Crippen LogP contribution in [0, 0.1) is 0 Å². The molecule has 334 valence electrons. The van der Waals surface area contributed by atoms with Crippen molar-refractivity contribution in [2.24, 2.45) is 0 Å². The van der Waals surface area contributed by atoms with Gasteiger partial charge >= 0.3 is 0 Å². The number of rotatable bonds is 13. The topological polar surface area (TPSA) is 116 Å². The highest BCUT2D eigenvalue weighted by Crippen LogP contribution is 2.32. The zero-order valence-corrected chi connectivity index (χ0v) is 42.5. The third-order valence-electron chi connectivity index (χ3n) is 10.6. The van der Waals surface area contributed by atoms with E-state index in [1.165, 1.54) is 25.3 Å². The molecule has 4 heterocycles. The molecule has 6 aromatic rings. The van der Waals surface area contributed by atoms with Crippen LogP contribution in [-0.4, -0.2) is 94.4 Å². The summed E-state index contributed by atoms with van der Waals surface area (Å²) in [5.41, 5.74) is 5.80. The van der Waals surface area contributed by atoms with Crippen LogP contribution in [0.15, 0.2) is 114 Å². The number of halogens is 4. The first-order valence-electron chi connectivity index (χ1n) is 20.3. The Bertz CT molecular complexity index is 2710. The summed E-state index contributed by atoms with van der Waals surface area (Å²) in [6.07, 6.45) is 2.59. The molecule has 8 rings (SSSR count). The zero-order chi connectivity index (χ0) is 44.7. The number of hydrogen-bond acceptors (Lipinski definition) is 11. The smallest absolute Gasteiger partial charge is 0.244 e. The van der Waals surface area contributed by atoms with Gasteiger partial charge in [-0.05, 0) is 78.6 Å². The maximum Gasteiger partial charge on any atom is 0.244 e. The fourth-order valence-corrected chi connectivity index (χ4v) is 13.7. The van der Waals surface area contributed by atoms with E-state index in [0.717, 1.165) is 55.6 Å². The highest BCUT2D eigenvalue weighted by atomic mass is 79.9. The molecular formula is C44H46Br2Cl2N6O5S4. The summed E-state index contributed by atoms with van der Waals surface area (Å²) in [4.78, 5) is 14.2.